The molecule has 0 N–H and O–H groups in total. The fraction of sp³-hybridized carbons (Fsp3) is 0.385. The Morgan fingerprint density at radius 3 is 2.68 bits per heavy atom. The second-order valence-corrected chi connectivity index (χ2v) is 5.74. The summed E-state index contributed by atoms with van der Waals surface area (Å²) in [4.78, 5) is 18.2. The Labute approximate surface area is 127 Å². The Balaban J connectivity index is 1.84. The van der Waals surface area contributed by atoms with E-state index in [0.717, 1.165) is 24.2 Å². The molecule has 1 saturated heterocycles. The second kappa shape index (κ2) is 5.73. The van der Waals surface area contributed by atoms with E-state index in [-0.39, 0.29) is 0 Å². The summed E-state index contributed by atoms with van der Waals surface area (Å²) < 4.78 is 43.5. The fourth-order valence-electron chi connectivity index (χ4n) is 2.13. The summed E-state index contributed by atoms with van der Waals surface area (Å²) in [7, 11) is 0. The van der Waals surface area contributed by atoms with E-state index in [1.54, 1.807) is 6.07 Å². The van der Waals surface area contributed by atoms with Crippen molar-refractivity contribution in [2.75, 3.05) is 31.2 Å². The summed E-state index contributed by atoms with van der Waals surface area (Å²) in [6, 6.07) is 3.48. The first-order valence-electron chi connectivity index (χ1n) is 6.46. The molecule has 22 heavy (non-hydrogen) atoms. The number of thiophene rings is 1. The van der Waals surface area contributed by atoms with Crippen molar-refractivity contribution in [1.82, 2.24) is 0 Å². The number of oxime groups is 1. The van der Waals surface area contributed by atoms with Crippen LogP contribution in [0.3, 0.4) is 0 Å². The minimum Gasteiger partial charge on any atom is -0.378 e. The molecule has 3 heterocycles. The van der Waals surface area contributed by atoms with Crippen LogP contribution in [0.1, 0.15) is 4.88 Å². The highest BCUT2D eigenvalue weighted by Crippen LogP contribution is 2.32. The summed E-state index contributed by atoms with van der Waals surface area (Å²) in [5.74, 6) is -1.09. The molecule has 0 atom stereocenters. The zero-order valence-corrected chi connectivity index (χ0v) is 12.0. The van der Waals surface area contributed by atoms with Gasteiger partial charge in [-0.3, -0.25) is 0 Å². The number of carbonyl (C=O) groups is 1. The van der Waals surface area contributed by atoms with Crippen LogP contribution < -0.4 is 4.90 Å². The van der Waals surface area contributed by atoms with Gasteiger partial charge in [0.25, 0.3) is 0 Å². The van der Waals surface area contributed by atoms with Gasteiger partial charge in [0, 0.05) is 18.0 Å². The smallest absolute Gasteiger partial charge is 0.378 e. The average molecular weight is 332 g/mol. The van der Waals surface area contributed by atoms with Crippen LogP contribution in [0.5, 0.6) is 0 Å². The maximum atomic E-state index is 12.8. The Morgan fingerprint density at radius 1 is 1.27 bits per heavy atom. The summed E-state index contributed by atoms with van der Waals surface area (Å²) in [5.41, 5.74) is -1.86. The highest BCUT2D eigenvalue weighted by molar-refractivity contribution is 7.17. The lowest BCUT2D eigenvalue weighted by atomic mass is 10.1. The largest absolute Gasteiger partial charge is 0.437 e. The number of carbonyl (C=O) groups excluding carboxylic acids is 1. The topological polar surface area (TPSA) is 51.1 Å². The quantitative estimate of drug-likeness (QED) is 0.617. The molecular weight excluding hydrogens is 321 g/mol. The number of alkyl halides is 3. The predicted molar refractivity (Wildman–Crippen MR) is 74.9 cm³/mol. The molecule has 1 aromatic heterocycles. The number of hydrogen-bond donors (Lipinski definition) is 0. The van der Waals surface area contributed by atoms with E-state index in [0.29, 0.717) is 18.1 Å². The summed E-state index contributed by atoms with van der Waals surface area (Å²) in [6.07, 6.45) is -3.56. The van der Waals surface area contributed by atoms with Crippen LogP contribution in [0, 0.1) is 0 Å². The normalized spacial score (nSPS) is 21.2. The first-order valence-corrected chi connectivity index (χ1v) is 7.28. The molecule has 0 aromatic carbocycles. The molecule has 0 bridgehead atoms. The van der Waals surface area contributed by atoms with Crippen LogP contribution >= 0.6 is 11.3 Å². The molecule has 1 fully saturated rings. The van der Waals surface area contributed by atoms with Crippen LogP contribution in [0.15, 0.2) is 22.9 Å². The van der Waals surface area contributed by atoms with Gasteiger partial charge >= 0.3 is 12.1 Å². The number of halogens is 3. The Morgan fingerprint density at radius 2 is 2.00 bits per heavy atom. The molecule has 0 saturated carbocycles. The number of ether oxygens (including phenoxy) is 1. The third-order valence-electron chi connectivity index (χ3n) is 3.19. The van der Waals surface area contributed by atoms with Gasteiger partial charge in [-0.1, -0.05) is 5.16 Å². The van der Waals surface area contributed by atoms with Crippen LogP contribution in [-0.2, 0) is 14.4 Å². The zero-order valence-electron chi connectivity index (χ0n) is 11.2. The SMILES string of the molecule is O=C1ON=C(C(F)(F)F)/C1=C\c1ccc(N2CCOCC2)s1. The molecule has 0 unspecified atom stereocenters. The highest BCUT2D eigenvalue weighted by Gasteiger charge is 2.45. The lowest BCUT2D eigenvalue weighted by Gasteiger charge is -2.27. The molecule has 0 radical (unpaired) electrons. The van der Waals surface area contributed by atoms with E-state index < -0.39 is 23.4 Å². The standard InChI is InChI=1S/C13H11F3N2O3S/c14-13(15,16)11-9(12(19)21-17-11)7-8-1-2-10(22-8)18-3-5-20-6-4-18/h1-2,7H,3-6H2/b9-7+. The van der Waals surface area contributed by atoms with Crippen molar-refractivity contribution in [3.8, 4) is 0 Å². The second-order valence-electron chi connectivity index (χ2n) is 4.65. The lowest BCUT2D eigenvalue weighted by Crippen LogP contribution is -2.35. The van der Waals surface area contributed by atoms with Crippen molar-refractivity contribution in [3.63, 3.8) is 0 Å². The fourth-order valence-corrected chi connectivity index (χ4v) is 3.13. The highest BCUT2D eigenvalue weighted by atomic mass is 32.1. The molecule has 1 aromatic rings. The van der Waals surface area contributed by atoms with Gasteiger partial charge in [0.1, 0.15) is 0 Å². The predicted octanol–water partition coefficient (Wildman–Crippen LogP) is 2.44. The van der Waals surface area contributed by atoms with Gasteiger partial charge in [-0.05, 0) is 18.2 Å². The van der Waals surface area contributed by atoms with Crippen molar-refractivity contribution in [3.05, 3.63) is 22.6 Å². The lowest BCUT2D eigenvalue weighted by molar-refractivity contribution is -0.136. The van der Waals surface area contributed by atoms with Crippen LogP contribution in [-0.4, -0.2) is 44.2 Å². The molecule has 2 aliphatic rings. The minimum atomic E-state index is -4.72. The molecule has 3 rings (SSSR count). The van der Waals surface area contributed by atoms with Crippen molar-refractivity contribution in [2.45, 2.75) is 6.18 Å². The molecule has 2 aliphatic heterocycles. The summed E-state index contributed by atoms with van der Waals surface area (Å²) >= 11 is 1.30. The zero-order chi connectivity index (χ0) is 15.7. The summed E-state index contributed by atoms with van der Waals surface area (Å²) in [6.45, 7) is 2.69. The van der Waals surface area contributed by atoms with Crippen molar-refractivity contribution < 1.29 is 27.5 Å². The minimum absolute atomic E-state index is 0.535. The summed E-state index contributed by atoms with van der Waals surface area (Å²) in [5, 5.41) is 3.74. The Hall–Kier alpha value is -1.87. The van der Waals surface area contributed by atoms with Crippen molar-refractivity contribution >= 4 is 34.1 Å². The van der Waals surface area contributed by atoms with Gasteiger partial charge in [-0.15, -0.1) is 11.3 Å². The maximum Gasteiger partial charge on any atom is 0.437 e. The first-order chi connectivity index (χ1) is 10.4. The molecule has 0 spiro atoms. The van der Waals surface area contributed by atoms with E-state index in [4.69, 9.17) is 4.74 Å². The third kappa shape index (κ3) is 3.00. The van der Waals surface area contributed by atoms with Crippen LogP contribution in [0.2, 0.25) is 0 Å². The van der Waals surface area contributed by atoms with Crippen molar-refractivity contribution in [2.24, 2.45) is 5.16 Å². The molecule has 118 valence electrons. The third-order valence-corrected chi connectivity index (χ3v) is 4.28. The maximum absolute atomic E-state index is 12.8. The molecule has 0 amide bonds. The molecule has 0 aliphatic carbocycles. The van der Waals surface area contributed by atoms with E-state index in [1.807, 2.05) is 6.07 Å². The van der Waals surface area contributed by atoms with Gasteiger partial charge in [0.05, 0.1) is 23.8 Å². The number of nitrogens with zero attached hydrogens (tertiary/aromatic N) is 2. The van der Waals surface area contributed by atoms with Gasteiger partial charge in [0.15, 0.2) is 5.71 Å². The van der Waals surface area contributed by atoms with E-state index >= 15 is 0 Å². The number of hydrogen-bond acceptors (Lipinski definition) is 6. The molecule has 5 nitrogen and oxygen atoms in total. The first kappa shape index (κ1) is 15.0. The van der Waals surface area contributed by atoms with Gasteiger partial charge in [0.2, 0.25) is 0 Å². The van der Waals surface area contributed by atoms with E-state index in [2.05, 4.69) is 14.9 Å². The van der Waals surface area contributed by atoms with Gasteiger partial charge < -0.3 is 14.5 Å². The van der Waals surface area contributed by atoms with Gasteiger partial charge in [-0.2, -0.15) is 13.2 Å². The monoisotopic (exact) mass is 332 g/mol. The van der Waals surface area contributed by atoms with Crippen molar-refractivity contribution in [1.29, 1.82) is 0 Å². The average Bonchev–Trinajstić information content (AvgIpc) is 3.08. The Kier molecular flexibility index (Phi) is 3.92. The number of morpholine rings is 1. The van der Waals surface area contributed by atoms with E-state index in [1.165, 1.54) is 11.3 Å². The van der Waals surface area contributed by atoms with Crippen LogP contribution in [0.25, 0.3) is 6.08 Å². The molecule has 9 heteroatoms. The number of rotatable bonds is 2. The van der Waals surface area contributed by atoms with E-state index in [9.17, 15) is 18.0 Å². The molecular formula is C13H11F3N2O3S. The van der Waals surface area contributed by atoms with Gasteiger partial charge in [-0.25, -0.2) is 4.79 Å². The van der Waals surface area contributed by atoms with Crippen LogP contribution in [0.4, 0.5) is 18.2 Å². The number of anilines is 1. The Bertz CT molecular complexity index is 645.